The summed E-state index contributed by atoms with van der Waals surface area (Å²) in [5, 5.41) is 2.00. The normalized spacial score (nSPS) is 16.9. The van der Waals surface area contributed by atoms with Crippen molar-refractivity contribution in [1.82, 2.24) is 9.88 Å². The Balaban J connectivity index is 1.90. The van der Waals surface area contributed by atoms with E-state index in [4.69, 9.17) is 0 Å². The number of piperidine rings is 1. The maximum atomic E-state index is 13.4. The number of nitrogens with zero attached hydrogens (tertiary/aromatic N) is 1. The number of halogens is 1. The average Bonchev–Trinajstić information content (AvgIpc) is 2.82. The molecule has 20 heavy (non-hydrogen) atoms. The first-order chi connectivity index (χ1) is 9.56. The van der Waals surface area contributed by atoms with Gasteiger partial charge in [0, 0.05) is 37.1 Å². The maximum Gasteiger partial charge on any atom is 0.219 e. The molecule has 1 N–H and O–H groups in total. The molecule has 0 aliphatic carbocycles. The molecule has 1 fully saturated rings. The summed E-state index contributed by atoms with van der Waals surface area (Å²) in [6, 6.07) is 3.09. The molecule has 1 atom stereocenters. The van der Waals surface area contributed by atoms with Gasteiger partial charge in [0.1, 0.15) is 5.82 Å². The van der Waals surface area contributed by atoms with Crippen LogP contribution in [-0.4, -0.2) is 28.9 Å². The fourth-order valence-corrected chi connectivity index (χ4v) is 3.60. The minimum absolute atomic E-state index is 0.149. The number of benzene rings is 1. The van der Waals surface area contributed by atoms with E-state index in [-0.39, 0.29) is 11.7 Å². The minimum Gasteiger partial charge on any atom is -0.361 e. The van der Waals surface area contributed by atoms with Crippen LogP contribution in [0.2, 0.25) is 0 Å². The molecule has 2 aromatic rings. The average molecular weight is 292 g/mol. The second kappa shape index (κ2) is 5.17. The summed E-state index contributed by atoms with van der Waals surface area (Å²) in [5.41, 5.74) is 2.09. The van der Waals surface area contributed by atoms with Crippen LogP contribution in [-0.2, 0) is 4.79 Å². The Morgan fingerprint density at radius 2 is 2.10 bits per heavy atom. The van der Waals surface area contributed by atoms with Crippen LogP contribution in [0.1, 0.15) is 31.2 Å². The van der Waals surface area contributed by atoms with Crippen LogP contribution in [0.4, 0.5) is 4.39 Å². The number of likely N-dealkylation sites (tertiary alicyclic amines) is 1. The van der Waals surface area contributed by atoms with Crippen molar-refractivity contribution in [3.63, 3.8) is 0 Å². The molecule has 1 aromatic carbocycles. The van der Waals surface area contributed by atoms with Crippen LogP contribution < -0.4 is 5.30 Å². The molecular formula is C15H18FN2OP. The van der Waals surface area contributed by atoms with Gasteiger partial charge in [-0.25, -0.2) is 4.39 Å². The van der Waals surface area contributed by atoms with Gasteiger partial charge in [-0.15, -0.1) is 9.24 Å². The summed E-state index contributed by atoms with van der Waals surface area (Å²) in [5.74, 6) is 0.364. The molecule has 3 nitrogen and oxygen atoms in total. The third kappa shape index (κ3) is 2.33. The second-order valence-corrected chi connectivity index (χ2v) is 6.06. The van der Waals surface area contributed by atoms with Gasteiger partial charge >= 0.3 is 0 Å². The van der Waals surface area contributed by atoms with E-state index in [1.807, 2.05) is 11.1 Å². The van der Waals surface area contributed by atoms with Crippen LogP contribution in [0.3, 0.4) is 0 Å². The SMILES string of the molecule is CC(=O)N1CCC(c2c[nH]c3cc(F)cc(P)c23)CC1. The maximum absolute atomic E-state index is 13.4. The predicted octanol–water partition coefficient (Wildman–Crippen LogP) is 2.53. The highest BCUT2D eigenvalue weighted by Gasteiger charge is 2.24. The number of aromatic amines is 1. The lowest BCUT2D eigenvalue weighted by molar-refractivity contribution is -0.129. The van der Waals surface area contributed by atoms with E-state index in [2.05, 4.69) is 14.2 Å². The lowest BCUT2D eigenvalue weighted by atomic mass is 9.89. The molecule has 1 amide bonds. The number of nitrogens with one attached hydrogen (secondary N) is 1. The smallest absolute Gasteiger partial charge is 0.219 e. The van der Waals surface area contributed by atoms with Crippen molar-refractivity contribution < 1.29 is 9.18 Å². The molecular weight excluding hydrogens is 274 g/mol. The molecule has 1 aliphatic rings. The molecule has 1 unspecified atom stereocenters. The van der Waals surface area contributed by atoms with E-state index in [1.165, 1.54) is 11.6 Å². The highest BCUT2D eigenvalue weighted by molar-refractivity contribution is 7.28. The fraction of sp³-hybridized carbons (Fsp3) is 0.400. The molecule has 0 bridgehead atoms. The molecule has 3 rings (SSSR count). The van der Waals surface area contributed by atoms with Gasteiger partial charge in [0.25, 0.3) is 0 Å². The van der Waals surface area contributed by atoms with Gasteiger partial charge in [0.2, 0.25) is 5.91 Å². The molecule has 1 aliphatic heterocycles. The number of rotatable bonds is 1. The third-order valence-corrected chi connectivity index (χ3v) is 4.64. The van der Waals surface area contributed by atoms with E-state index in [0.717, 1.165) is 42.1 Å². The number of fused-ring (bicyclic) bond motifs is 1. The molecule has 0 spiro atoms. The Morgan fingerprint density at radius 1 is 1.40 bits per heavy atom. The Hall–Kier alpha value is -1.41. The van der Waals surface area contributed by atoms with E-state index in [9.17, 15) is 9.18 Å². The number of hydrogen-bond acceptors (Lipinski definition) is 1. The van der Waals surface area contributed by atoms with Gasteiger partial charge in [-0.3, -0.25) is 4.79 Å². The summed E-state index contributed by atoms with van der Waals surface area (Å²) in [7, 11) is 2.62. The number of carbonyl (C=O) groups excluding carboxylic acids is 1. The third-order valence-electron chi connectivity index (χ3n) is 4.19. The lowest BCUT2D eigenvalue weighted by Crippen LogP contribution is -2.36. The van der Waals surface area contributed by atoms with Gasteiger partial charge in [-0.2, -0.15) is 0 Å². The van der Waals surface area contributed by atoms with Crippen LogP contribution >= 0.6 is 9.24 Å². The van der Waals surface area contributed by atoms with Gasteiger partial charge < -0.3 is 9.88 Å². The van der Waals surface area contributed by atoms with E-state index in [0.29, 0.717) is 5.92 Å². The number of hydrogen-bond donors (Lipinski definition) is 1. The van der Waals surface area contributed by atoms with Crippen molar-refractivity contribution in [2.45, 2.75) is 25.7 Å². The van der Waals surface area contributed by atoms with E-state index < -0.39 is 0 Å². The standard InChI is InChI=1S/C15H18FN2OP/c1-9(19)18-4-2-10(3-5-18)12-8-17-13-6-11(16)7-14(20)15(12)13/h6-8,10,17H,2-5,20H2,1H3. The Morgan fingerprint density at radius 3 is 2.75 bits per heavy atom. The molecule has 0 radical (unpaired) electrons. The largest absolute Gasteiger partial charge is 0.361 e. The Labute approximate surface area is 119 Å². The summed E-state index contributed by atoms with van der Waals surface area (Å²) in [6.07, 6.45) is 3.92. The highest BCUT2D eigenvalue weighted by Crippen LogP contribution is 2.33. The Kier molecular flexibility index (Phi) is 3.51. The molecule has 1 saturated heterocycles. The van der Waals surface area contributed by atoms with E-state index >= 15 is 0 Å². The topological polar surface area (TPSA) is 36.1 Å². The van der Waals surface area contributed by atoms with Crippen molar-refractivity contribution in [3.05, 3.63) is 29.7 Å². The molecule has 106 valence electrons. The van der Waals surface area contributed by atoms with Crippen molar-refractivity contribution in [2.24, 2.45) is 0 Å². The lowest BCUT2D eigenvalue weighted by Gasteiger charge is -2.31. The minimum atomic E-state index is -0.220. The van der Waals surface area contributed by atoms with Gasteiger partial charge in [0.05, 0.1) is 0 Å². The van der Waals surface area contributed by atoms with Gasteiger partial charge in [0.15, 0.2) is 0 Å². The molecule has 2 heterocycles. The number of carbonyl (C=O) groups is 1. The van der Waals surface area contributed by atoms with Crippen molar-refractivity contribution >= 4 is 31.4 Å². The number of H-pyrrole nitrogens is 1. The van der Waals surface area contributed by atoms with Crippen LogP contribution in [0.15, 0.2) is 18.3 Å². The molecule has 5 heteroatoms. The summed E-state index contributed by atoms with van der Waals surface area (Å²) in [4.78, 5) is 16.4. The zero-order valence-electron chi connectivity index (χ0n) is 11.4. The zero-order valence-corrected chi connectivity index (χ0v) is 12.6. The van der Waals surface area contributed by atoms with Crippen LogP contribution in [0.5, 0.6) is 0 Å². The number of aromatic nitrogens is 1. The van der Waals surface area contributed by atoms with Crippen LogP contribution in [0.25, 0.3) is 10.9 Å². The van der Waals surface area contributed by atoms with Crippen molar-refractivity contribution in [1.29, 1.82) is 0 Å². The quantitative estimate of drug-likeness (QED) is 0.806. The first-order valence-corrected chi connectivity index (χ1v) is 7.45. The number of amides is 1. The van der Waals surface area contributed by atoms with E-state index in [1.54, 1.807) is 13.0 Å². The predicted molar refractivity (Wildman–Crippen MR) is 81.8 cm³/mol. The van der Waals surface area contributed by atoms with Crippen molar-refractivity contribution in [3.8, 4) is 0 Å². The zero-order chi connectivity index (χ0) is 14.3. The monoisotopic (exact) mass is 292 g/mol. The highest BCUT2D eigenvalue weighted by atomic mass is 31.0. The van der Waals surface area contributed by atoms with Gasteiger partial charge in [-0.05, 0) is 41.8 Å². The summed E-state index contributed by atoms with van der Waals surface area (Å²) >= 11 is 0. The molecule has 0 saturated carbocycles. The fourth-order valence-electron chi connectivity index (χ4n) is 3.12. The first-order valence-electron chi connectivity index (χ1n) is 6.88. The van der Waals surface area contributed by atoms with Crippen LogP contribution in [0, 0.1) is 5.82 Å². The second-order valence-electron chi connectivity index (χ2n) is 5.44. The first kappa shape index (κ1) is 13.6. The summed E-state index contributed by atoms with van der Waals surface area (Å²) < 4.78 is 13.4. The van der Waals surface area contributed by atoms with Crippen molar-refractivity contribution in [2.75, 3.05) is 13.1 Å². The Bertz CT molecular complexity index is 659. The molecule has 1 aromatic heterocycles. The van der Waals surface area contributed by atoms with Gasteiger partial charge in [-0.1, -0.05) is 0 Å². The summed E-state index contributed by atoms with van der Waals surface area (Å²) in [6.45, 7) is 3.23.